The summed E-state index contributed by atoms with van der Waals surface area (Å²) in [6, 6.07) is 50.5. The summed E-state index contributed by atoms with van der Waals surface area (Å²) in [6.45, 7) is 8.46. The van der Waals surface area contributed by atoms with E-state index in [1.165, 1.54) is 36.9 Å². The average Bonchev–Trinajstić information content (AvgIpc) is 3.76. The maximum atomic E-state index is 5.25. The number of aryl methyl sites for hydroxylation is 4. The molecule has 0 saturated carbocycles. The van der Waals surface area contributed by atoms with E-state index in [4.69, 9.17) is 9.97 Å². The molecule has 0 bridgehead atoms. The third kappa shape index (κ3) is 6.43. The first kappa shape index (κ1) is 34.2. The van der Waals surface area contributed by atoms with Crippen LogP contribution in [0.4, 0.5) is 0 Å². The fourth-order valence-corrected chi connectivity index (χ4v) is 7.92. The van der Waals surface area contributed by atoms with Crippen LogP contribution in [0.1, 0.15) is 22.5 Å². The van der Waals surface area contributed by atoms with Crippen molar-refractivity contribution < 1.29 is 20.1 Å². The van der Waals surface area contributed by atoms with Gasteiger partial charge < -0.3 is 9.55 Å². The normalized spacial score (nSPS) is 11.0. The molecule has 4 nitrogen and oxygen atoms in total. The van der Waals surface area contributed by atoms with Gasteiger partial charge in [0.25, 0.3) is 0 Å². The van der Waals surface area contributed by atoms with Gasteiger partial charge in [0.1, 0.15) is 0 Å². The first-order valence-electron chi connectivity index (χ1n) is 16.7. The summed E-state index contributed by atoms with van der Waals surface area (Å²) in [5.41, 5.74) is 13.0. The predicted octanol–water partition coefficient (Wildman–Crippen LogP) is 11.7. The minimum Gasteiger partial charge on any atom is -0.333 e. The molecule has 0 N–H and O–H groups in total. The van der Waals surface area contributed by atoms with Crippen molar-refractivity contribution in [1.82, 2.24) is 19.5 Å². The third-order valence-electron chi connectivity index (χ3n) is 9.19. The largest absolute Gasteiger partial charge is 0.333 e. The number of thiophene rings is 1. The van der Waals surface area contributed by atoms with Gasteiger partial charge in [-0.1, -0.05) is 90.7 Å². The van der Waals surface area contributed by atoms with Crippen molar-refractivity contribution in [2.75, 3.05) is 0 Å². The summed E-state index contributed by atoms with van der Waals surface area (Å²) in [7, 11) is 0. The Morgan fingerprint density at radius 3 is 2.16 bits per heavy atom. The molecule has 51 heavy (non-hydrogen) atoms. The summed E-state index contributed by atoms with van der Waals surface area (Å²) < 4.78 is 4.79. The second-order valence-corrected chi connectivity index (χ2v) is 13.5. The fourth-order valence-electron chi connectivity index (χ4n) is 6.61. The number of imidazole rings is 1. The first-order valence-corrected chi connectivity index (χ1v) is 17.5. The summed E-state index contributed by atoms with van der Waals surface area (Å²) in [6.07, 6.45) is 1.79. The van der Waals surface area contributed by atoms with Crippen LogP contribution in [0.5, 0.6) is 0 Å². The van der Waals surface area contributed by atoms with E-state index in [9.17, 15) is 0 Å². The molecule has 0 aliphatic heterocycles. The molecular formula is C45H34IrN4S-2. The van der Waals surface area contributed by atoms with Crippen LogP contribution in [0.25, 0.3) is 70.7 Å². The van der Waals surface area contributed by atoms with Crippen molar-refractivity contribution in [3.05, 3.63) is 168 Å². The monoisotopic (exact) mass is 855 g/mol. The Balaban J connectivity index is 0.000000265. The number of benzene rings is 5. The van der Waals surface area contributed by atoms with E-state index in [2.05, 4.69) is 134 Å². The van der Waals surface area contributed by atoms with E-state index in [-0.39, 0.29) is 20.1 Å². The number of hydrogen-bond donors (Lipinski definition) is 0. The van der Waals surface area contributed by atoms with E-state index in [0.717, 1.165) is 56.3 Å². The van der Waals surface area contributed by atoms with Gasteiger partial charge in [-0.25, -0.2) is 0 Å². The molecule has 0 spiro atoms. The standard InChI is InChI=1S/C34H26N3S.C11H8N.Ir/c1-20-15-17-28(33-30(20)27-18-16-25(19-29(27)38-33)24-11-7-5-8-12-24)34-36-31-23(4)35-22(3)21(2)32(31)37(34)26-13-9-6-10-14-26;1-2-6-10(7-3-1)11-8-4-5-9-12-11;/h5-16,18-19H,1-4H3;1-6,8-9H;/q2*-1;. The summed E-state index contributed by atoms with van der Waals surface area (Å²) in [4.78, 5) is 14.3. The molecule has 4 heterocycles. The molecule has 5 aromatic carbocycles. The molecule has 1 radical (unpaired) electrons. The van der Waals surface area contributed by atoms with Crippen molar-refractivity contribution in [2.45, 2.75) is 27.7 Å². The minimum absolute atomic E-state index is 0. The Kier molecular flexibility index (Phi) is 9.75. The number of para-hydroxylation sites is 1. The van der Waals surface area contributed by atoms with Crippen LogP contribution in [0.3, 0.4) is 0 Å². The molecule has 0 unspecified atom stereocenters. The second kappa shape index (κ2) is 14.5. The van der Waals surface area contributed by atoms with Gasteiger partial charge in [0.2, 0.25) is 0 Å². The number of nitrogens with zero attached hydrogens (tertiary/aromatic N) is 4. The molecule has 0 amide bonds. The van der Waals surface area contributed by atoms with Gasteiger partial charge in [0.05, 0.1) is 22.6 Å². The Morgan fingerprint density at radius 2 is 1.43 bits per heavy atom. The van der Waals surface area contributed by atoms with Crippen molar-refractivity contribution in [3.63, 3.8) is 0 Å². The Labute approximate surface area is 315 Å². The Bertz CT molecular complexity index is 2580. The molecule has 0 aliphatic carbocycles. The van der Waals surface area contributed by atoms with Crippen molar-refractivity contribution >= 4 is 42.5 Å². The predicted molar refractivity (Wildman–Crippen MR) is 209 cm³/mol. The Hall–Kier alpha value is -5.26. The van der Waals surface area contributed by atoms with Crippen molar-refractivity contribution in [3.8, 4) is 39.5 Å². The van der Waals surface area contributed by atoms with Crippen LogP contribution < -0.4 is 0 Å². The molecule has 0 atom stereocenters. The van der Waals surface area contributed by atoms with Gasteiger partial charge in [0, 0.05) is 42.4 Å². The first-order chi connectivity index (χ1) is 24.5. The molecule has 9 aromatic rings. The maximum absolute atomic E-state index is 5.25. The number of aromatic nitrogens is 4. The quantitative estimate of drug-likeness (QED) is 0.166. The Morgan fingerprint density at radius 1 is 0.686 bits per heavy atom. The van der Waals surface area contributed by atoms with E-state index in [1.807, 2.05) is 53.8 Å². The molecule has 0 saturated heterocycles. The third-order valence-corrected chi connectivity index (χ3v) is 10.4. The van der Waals surface area contributed by atoms with Gasteiger partial charge in [0.15, 0.2) is 0 Å². The van der Waals surface area contributed by atoms with Crippen LogP contribution in [0.2, 0.25) is 0 Å². The van der Waals surface area contributed by atoms with Crippen LogP contribution in [-0.4, -0.2) is 19.5 Å². The van der Waals surface area contributed by atoms with Gasteiger partial charge in [-0.15, -0.1) is 53.6 Å². The zero-order chi connectivity index (χ0) is 34.2. The van der Waals surface area contributed by atoms with Crippen LogP contribution in [-0.2, 0) is 20.1 Å². The maximum Gasteiger partial charge on any atom is 0.0989 e. The molecule has 9 rings (SSSR count). The zero-order valence-electron chi connectivity index (χ0n) is 28.7. The van der Waals surface area contributed by atoms with Gasteiger partial charge in [-0.05, 0) is 77.5 Å². The van der Waals surface area contributed by atoms with Crippen LogP contribution >= 0.6 is 11.3 Å². The summed E-state index contributed by atoms with van der Waals surface area (Å²) in [5.74, 6) is 0.907. The zero-order valence-corrected chi connectivity index (χ0v) is 31.9. The number of hydrogen-bond acceptors (Lipinski definition) is 4. The van der Waals surface area contributed by atoms with E-state index in [0.29, 0.717) is 0 Å². The summed E-state index contributed by atoms with van der Waals surface area (Å²) in [5, 5.41) is 2.57. The minimum atomic E-state index is 0. The SMILES string of the molecule is Cc1nc(C)c2nc(-c3[c-]cc(C)c4c3sc3cc(-c5ccccc5)ccc34)n(-c3ccccc3)c2c1C.[Ir].[c-]1ccccc1-c1ccccn1. The topological polar surface area (TPSA) is 43.6 Å². The molecule has 4 aromatic heterocycles. The molecule has 6 heteroatoms. The number of rotatable bonds is 4. The molecule has 0 fully saturated rings. The van der Waals surface area contributed by atoms with Crippen molar-refractivity contribution in [2.24, 2.45) is 0 Å². The molecule has 0 aliphatic rings. The molecule has 251 valence electrons. The summed E-state index contributed by atoms with van der Waals surface area (Å²) >= 11 is 1.83. The smallest absolute Gasteiger partial charge is 0.0989 e. The second-order valence-electron chi connectivity index (χ2n) is 12.4. The van der Waals surface area contributed by atoms with Gasteiger partial charge >= 0.3 is 0 Å². The average molecular weight is 855 g/mol. The molecular weight excluding hydrogens is 821 g/mol. The number of pyridine rings is 2. The van der Waals surface area contributed by atoms with Crippen LogP contribution in [0.15, 0.2) is 134 Å². The fraction of sp³-hybridized carbons (Fsp3) is 0.0889. The van der Waals surface area contributed by atoms with Crippen LogP contribution in [0, 0.1) is 39.8 Å². The van der Waals surface area contributed by atoms with Crippen molar-refractivity contribution in [1.29, 1.82) is 0 Å². The van der Waals surface area contributed by atoms with Gasteiger partial charge in [-0.3, -0.25) is 9.97 Å². The van der Waals surface area contributed by atoms with E-state index >= 15 is 0 Å². The van der Waals surface area contributed by atoms with E-state index < -0.39 is 0 Å². The van der Waals surface area contributed by atoms with E-state index in [1.54, 1.807) is 6.20 Å². The number of fused-ring (bicyclic) bond motifs is 4. The van der Waals surface area contributed by atoms with Gasteiger partial charge in [-0.2, -0.15) is 11.3 Å².